The van der Waals surface area contributed by atoms with Crippen molar-refractivity contribution < 1.29 is 28.6 Å². The van der Waals surface area contributed by atoms with E-state index in [-0.39, 0.29) is 32.0 Å². The predicted molar refractivity (Wildman–Crippen MR) is 333 cm³/mol. The molecule has 0 saturated heterocycles. The van der Waals surface area contributed by atoms with Crippen LogP contribution >= 0.6 is 0 Å². The lowest BCUT2D eigenvalue weighted by Crippen LogP contribution is -2.30. The molecule has 77 heavy (non-hydrogen) atoms. The van der Waals surface area contributed by atoms with Gasteiger partial charge in [-0.2, -0.15) is 0 Å². The van der Waals surface area contributed by atoms with Gasteiger partial charge < -0.3 is 14.2 Å². The molecule has 0 fully saturated rings. The monoisotopic (exact) mass is 1050 g/mol. The Morgan fingerprint density at radius 1 is 0.260 bits per heavy atom. The summed E-state index contributed by atoms with van der Waals surface area (Å²) in [4.78, 5) is 38.1. The minimum atomic E-state index is -0.870. The second-order valence-corrected chi connectivity index (χ2v) is 18.4. The van der Waals surface area contributed by atoms with Crippen molar-refractivity contribution in [2.75, 3.05) is 13.2 Å². The molecule has 0 amide bonds. The summed E-state index contributed by atoms with van der Waals surface area (Å²) in [6, 6.07) is 0. The molecule has 0 aliphatic carbocycles. The van der Waals surface area contributed by atoms with Gasteiger partial charge in [0.15, 0.2) is 6.10 Å². The summed E-state index contributed by atoms with van der Waals surface area (Å²) in [5.74, 6) is -1.16. The van der Waals surface area contributed by atoms with Crippen molar-refractivity contribution in [1.82, 2.24) is 0 Å². The van der Waals surface area contributed by atoms with Gasteiger partial charge in [-0.1, -0.05) is 247 Å². The Balaban J connectivity index is 4.58. The van der Waals surface area contributed by atoms with Crippen molar-refractivity contribution in [1.29, 1.82) is 0 Å². The predicted octanol–water partition coefficient (Wildman–Crippen LogP) is 20.4. The molecule has 0 heterocycles. The number of rotatable bonds is 50. The quantitative estimate of drug-likeness (QED) is 0.0261. The molecule has 0 aliphatic rings. The maximum Gasteiger partial charge on any atom is 0.306 e. The highest BCUT2D eigenvalue weighted by Gasteiger charge is 2.19. The van der Waals surface area contributed by atoms with Gasteiger partial charge in [-0.15, -0.1) is 0 Å². The third-order valence-electron chi connectivity index (χ3n) is 11.3. The van der Waals surface area contributed by atoms with Crippen LogP contribution in [0.15, 0.2) is 207 Å². The summed E-state index contributed by atoms with van der Waals surface area (Å²) in [6.07, 6.45) is 97.1. The molecule has 6 nitrogen and oxygen atoms in total. The van der Waals surface area contributed by atoms with E-state index in [1.54, 1.807) is 0 Å². The maximum atomic E-state index is 12.8. The zero-order valence-corrected chi connectivity index (χ0v) is 48.4. The van der Waals surface area contributed by atoms with Crippen molar-refractivity contribution in [3.05, 3.63) is 207 Å². The van der Waals surface area contributed by atoms with Crippen LogP contribution in [0.3, 0.4) is 0 Å². The standard InChI is InChI=1S/C71H104O6/c1-4-7-10-13-16-19-22-25-27-29-31-32-33-34-35-36-37-38-40-41-43-46-49-52-55-58-61-64-70(73)76-67-68(66-75-69(72)63-60-57-54-51-48-45-24-21-18-15-12-9-6-3)77-71(74)65-62-59-56-53-50-47-44-42-39-30-28-26-23-20-17-14-11-8-5-2/h7-12,16-21,25-28,31-32,34-35,37-39,41-43,45,47-48,50,54,56-57,59,68H,4-6,13-15,22-24,29-30,33,36,40,44,46,49,51-53,55,58,60-67H2,1-3H3/b10-7-,11-8-,12-9-,19-16-,20-17-,21-18-,27-25-,28-26-,32-31-,35-34-,38-37-,42-39-,43-41-,48-45-,50-47-,57-54-,59-56-. The van der Waals surface area contributed by atoms with E-state index in [9.17, 15) is 14.4 Å². The highest BCUT2D eigenvalue weighted by molar-refractivity contribution is 5.71. The van der Waals surface area contributed by atoms with Crippen LogP contribution in [-0.4, -0.2) is 37.2 Å². The van der Waals surface area contributed by atoms with Gasteiger partial charge in [-0.3, -0.25) is 14.4 Å². The van der Waals surface area contributed by atoms with Crippen molar-refractivity contribution in [2.45, 2.75) is 207 Å². The summed E-state index contributed by atoms with van der Waals surface area (Å²) in [5.41, 5.74) is 0. The van der Waals surface area contributed by atoms with Crippen LogP contribution in [0.1, 0.15) is 201 Å². The normalized spacial score (nSPS) is 13.6. The van der Waals surface area contributed by atoms with Crippen LogP contribution in [0, 0.1) is 0 Å². The Morgan fingerprint density at radius 3 is 0.805 bits per heavy atom. The van der Waals surface area contributed by atoms with Crippen LogP contribution in [-0.2, 0) is 28.6 Å². The second kappa shape index (κ2) is 62.5. The van der Waals surface area contributed by atoms with Crippen molar-refractivity contribution in [3.8, 4) is 0 Å². The molecular formula is C71H104O6. The number of hydrogen-bond acceptors (Lipinski definition) is 6. The molecule has 1 unspecified atom stereocenters. The average molecular weight is 1050 g/mol. The molecule has 424 valence electrons. The fraction of sp³-hybridized carbons (Fsp3) is 0.479. The van der Waals surface area contributed by atoms with Crippen LogP contribution in [0.4, 0.5) is 0 Å². The Labute approximate surface area is 470 Å². The first-order chi connectivity index (χ1) is 38.0. The molecule has 0 aromatic heterocycles. The lowest BCUT2D eigenvalue weighted by molar-refractivity contribution is -0.166. The van der Waals surface area contributed by atoms with Gasteiger partial charge in [-0.25, -0.2) is 0 Å². The summed E-state index contributed by atoms with van der Waals surface area (Å²) in [7, 11) is 0. The van der Waals surface area contributed by atoms with E-state index >= 15 is 0 Å². The molecule has 0 aromatic rings. The smallest absolute Gasteiger partial charge is 0.306 e. The van der Waals surface area contributed by atoms with E-state index in [0.717, 1.165) is 148 Å². The number of allylic oxidation sites excluding steroid dienone is 34. The first-order valence-corrected chi connectivity index (χ1v) is 29.6. The second-order valence-electron chi connectivity index (χ2n) is 18.4. The highest BCUT2D eigenvalue weighted by atomic mass is 16.6. The molecular weight excluding hydrogens is 949 g/mol. The minimum Gasteiger partial charge on any atom is -0.462 e. The zero-order chi connectivity index (χ0) is 55.7. The van der Waals surface area contributed by atoms with Crippen molar-refractivity contribution in [3.63, 3.8) is 0 Å². The molecule has 0 rings (SSSR count). The van der Waals surface area contributed by atoms with E-state index in [1.807, 2.05) is 24.3 Å². The molecule has 0 saturated carbocycles. The molecule has 0 aromatic carbocycles. The average Bonchev–Trinajstić information content (AvgIpc) is 3.43. The molecule has 6 heteroatoms. The highest BCUT2D eigenvalue weighted by Crippen LogP contribution is 2.11. The molecule has 0 aliphatic heterocycles. The van der Waals surface area contributed by atoms with E-state index in [1.165, 1.54) is 0 Å². The SMILES string of the molecule is CC/C=C\C/C=C\C/C=C\C/C=C\C/C=C\C/C=C\C/C=C\CCCCCCCC(=O)OCC(COC(=O)CC/C=C\C/C=C\C/C=C\C/C=C\CC)OC(=O)CC/C=C\C/C=C\C/C=C\C/C=C\C/C=C\C/C=C\CC. The first kappa shape index (κ1) is 71.0. The molecule has 0 radical (unpaired) electrons. The first-order valence-electron chi connectivity index (χ1n) is 29.6. The van der Waals surface area contributed by atoms with Crippen molar-refractivity contribution in [2.24, 2.45) is 0 Å². The Morgan fingerprint density at radius 2 is 0.494 bits per heavy atom. The minimum absolute atomic E-state index is 0.153. The van der Waals surface area contributed by atoms with Gasteiger partial charge in [-0.05, 0) is 141 Å². The van der Waals surface area contributed by atoms with Gasteiger partial charge in [0, 0.05) is 19.3 Å². The van der Waals surface area contributed by atoms with Gasteiger partial charge in [0.1, 0.15) is 13.2 Å². The summed E-state index contributed by atoms with van der Waals surface area (Å²) < 4.78 is 16.7. The number of carbonyl (C=O) groups is 3. The number of unbranched alkanes of at least 4 members (excludes halogenated alkanes) is 5. The zero-order valence-electron chi connectivity index (χ0n) is 48.4. The van der Waals surface area contributed by atoms with Gasteiger partial charge >= 0.3 is 17.9 Å². The number of hydrogen-bond donors (Lipinski definition) is 0. The molecule has 0 spiro atoms. The van der Waals surface area contributed by atoms with E-state index in [2.05, 4.69) is 203 Å². The lowest BCUT2D eigenvalue weighted by atomic mass is 10.1. The third kappa shape index (κ3) is 60.7. The van der Waals surface area contributed by atoms with Crippen LogP contribution < -0.4 is 0 Å². The van der Waals surface area contributed by atoms with Crippen LogP contribution in [0.5, 0.6) is 0 Å². The van der Waals surface area contributed by atoms with Crippen LogP contribution in [0.2, 0.25) is 0 Å². The van der Waals surface area contributed by atoms with Gasteiger partial charge in [0.25, 0.3) is 0 Å². The topological polar surface area (TPSA) is 78.9 Å². The van der Waals surface area contributed by atoms with Crippen molar-refractivity contribution >= 4 is 17.9 Å². The largest absolute Gasteiger partial charge is 0.462 e. The molecule has 1 atom stereocenters. The number of ether oxygens (including phenoxy) is 3. The maximum absolute atomic E-state index is 12.8. The summed E-state index contributed by atoms with van der Waals surface area (Å²) in [5, 5.41) is 0. The Bertz CT molecular complexity index is 1930. The fourth-order valence-corrected chi connectivity index (χ4v) is 6.99. The van der Waals surface area contributed by atoms with Crippen LogP contribution in [0.25, 0.3) is 0 Å². The Hall–Kier alpha value is -6.01. The van der Waals surface area contributed by atoms with Gasteiger partial charge in [0.05, 0.1) is 0 Å². The lowest BCUT2D eigenvalue weighted by Gasteiger charge is -2.18. The number of carbonyl (C=O) groups excluding carboxylic acids is 3. The molecule has 0 bridgehead atoms. The van der Waals surface area contributed by atoms with Gasteiger partial charge in [0.2, 0.25) is 0 Å². The number of esters is 3. The summed E-state index contributed by atoms with van der Waals surface area (Å²) in [6.45, 7) is 6.12. The molecule has 0 N–H and O–H groups in total. The van der Waals surface area contributed by atoms with E-state index in [4.69, 9.17) is 14.2 Å². The summed E-state index contributed by atoms with van der Waals surface area (Å²) >= 11 is 0. The fourth-order valence-electron chi connectivity index (χ4n) is 6.99. The van der Waals surface area contributed by atoms with E-state index in [0.29, 0.717) is 19.3 Å². The Kier molecular flexibility index (Phi) is 57.6. The third-order valence-corrected chi connectivity index (χ3v) is 11.3. The van der Waals surface area contributed by atoms with E-state index < -0.39 is 18.0 Å².